The van der Waals surface area contributed by atoms with Crippen LogP contribution in [0.3, 0.4) is 0 Å². The summed E-state index contributed by atoms with van der Waals surface area (Å²) in [6.07, 6.45) is -0.626. The van der Waals surface area contributed by atoms with Gasteiger partial charge in [0.2, 0.25) is 0 Å². The van der Waals surface area contributed by atoms with Gasteiger partial charge in [0, 0.05) is 0 Å². The van der Waals surface area contributed by atoms with Gasteiger partial charge in [-0.2, -0.15) is 0 Å². The normalized spacial score (nSPS) is 11.6. The predicted octanol–water partition coefficient (Wildman–Crippen LogP) is 1.30. The Hall–Kier alpha value is 0.675. The van der Waals surface area contributed by atoms with Gasteiger partial charge in [-0.1, -0.05) is 0 Å². The van der Waals surface area contributed by atoms with Gasteiger partial charge in [-0.3, -0.25) is 0 Å². The van der Waals surface area contributed by atoms with E-state index < -0.39 is 6.44 Å². The topological polar surface area (TPSA) is 20.2 Å². The van der Waals surface area contributed by atoms with Crippen molar-refractivity contribution in [3.05, 3.63) is 0 Å². The van der Waals surface area contributed by atoms with Gasteiger partial charge in [-0.05, 0) is 0 Å². The van der Waals surface area contributed by atoms with E-state index in [9.17, 15) is 0 Å². The van der Waals surface area contributed by atoms with Crippen molar-refractivity contribution in [1.29, 1.82) is 0 Å². The summed E-state index contributed by atoms with van der Waals surface area (Å²) in [6, 6.07) is 0. The van der Waals surface area contributed by atoms with Crippen LogP contribution in [0.15, 0.2) is 0 Å². The summed E-state index contributed by atoms with van der Waals surface area (Å²) in [5, 5.41) is 0. The molecule has 0 bridgehead atoms. The van der Waals surface area contributed by atoms with E-state index in [1.807, 2.05) is 0 Å². The molecule has 0 amide bonds. The van der Waals surface area contributed by atoms with Crippen LogP contribution in [0.25, 0.3) is 0 Å². The van der Waals surface area contributed by atoms with Gasteiger partial charge in [0.25, 0.3) is 0 Å². The molecule has 0 heterocycles. The second kappa shape index (κ2) is 2.89. The van der Waals surface area contributed by atoms with Gasteiger partial charge in [-0.25, -0.2) is 0 Å². The molecule has 5 heavy (non-hydrogen) atoms. The van der Waals surface area contributed by atoms with Crippen molar-refractivity contribution in [3.8, 4) is 0 Å². The number of hydrogen-bond acceptors (Lipinski definition) is 2. The molecular weight excluding hydrogens is 102 g/mol. The molecule has 0 aliphatic heterocycles. The maximum atomic E-state index is 7.96. The Balaban J connectivity index is 2.97. The Labute approximate surface area is 37.1 Å². The van der Waals surface area contributed by atoms with E-state index >= 15 is 0 Å². The summed E-state index contributed by atoms with van der Waals surface area (Å²) < 4.78 is 7.96. The molecule has 0 fully saturated rings. The van der Waals surface area contributed by atoms with Gasteiger partial charge in [-0.15, -0.1) is 0 Å². The second-order valence-electron chi connectivity index (χ2n) is 0.628. The summed E-state index contributed by atoms with van der Waals surface area (Å²) in [5.74, 6) is 0. The van der Waals surface area contributed by atoms with E-state index in [0.29, 0.717) is 0 Å². The molecule has 0 aliphatic rings. The maximum absolute atomic E-state index is 7.96. The van der Waals surface area contributed by atoms with E-state index in [2.05, 4.69) is 0 Å². The first-order chi connectivity index (χ1) is 2.27. The molecule has 4 heteroatoms. The van der Waals surface area contributed by atoms with Crippen LogP contribution in [0.1, 0.15) is 0 Å². The van der Waals surface area contributed by atoms with E-state index in [1.54, 1.807) is 6.66 Å². The minimum absolute atomic E-state index is 0.626. The van der Waals surface area contributed by atoms with Crippen LogP contribution in [0.4, 0.5) is 0 Å². The van der Waals surface area contributed by atoms with E-state index in [4.69, 9.17) is 11.6 Å². The van der Waals surface area contributed by atoms with Crippen molar-refractivity contribution in [3.63, 3.8) is 0 Å². The molecule has 0 saturated carbocycles. The van der Waals surface area contributed by atoms with Gasteiger partial charge in [0.1, 0.15) is 0 Å². The van der Waals surface area contributed by atoms with Crippen LogP contribution in [0, 0.1) is 0 Å². The molecular formula is CH4BOPS. The van der Waals surface area contributed by atoms with Gasteiger partial charge < -0.3 is 0 Å². The van der Waals surface area contributed by atoms with Crippen molar-refractivity contribution >= 4 is 25.1 Å². The average molecular weight is 106 g/mol. The van der Waals surface area contributed by atoms with E-state index in [-0.39, 0.29) is 0 Å². The molecule has 0 aliphatic carbocycles. The molecule has 0 aromatic rings. The second-order valence-corrected chi connectivity index (χ2v) is 4.10. The first-order valence-electron chi connectivity index (χ1n) is 1.07. The van der Waals surface area contributed by atoms with Crippen LogP contribution in [0.2, 0.25) is 0 Å². The molecule has 1 N–H and O–H groups in total. The van der Waals surface area contributed by atoms with Crippen LogP contribution in [-0.2, 0) is 0 Å². The van der Waals surface area contributed by atoms with Crippen LogP contribution in [0.5, 0.6) is 0 Å². The van der Waals surface area contributed by atoms with Gasteiger partial charge in [0.15, 0.2) is 0 Å². The van der Waals surface area contributed by atoms with Crippen molar-refractivity contribution in [1.82, 2.24) is 0 Å². The first-order valence-corrected chi connectivity index (χ1v) is 4.31. The Bertz CT molecular complexity index is 73.5. The Morgan fingerprint density at radius 1 is 2.00 bits per heavy atom. The van der Waals surface area contributed by atoms with Crippen molar-refractivity contribution < 1.29 is 4.55 Å². The monoisotopic (exact) mass is 106 g/mol. The zero-order valence-electron chi connectivity index (χ0n) is 2.88. The van der Waals surface area contributed by atoms with E-state index in [1.165, 1.54) is 0 Å². The predicted molar refractivity (Wildman–Crippen MR) is 28.8 cm³/mol. The molecule has 0 spiro atoms. The van der Waals surface area contributed by atoms with Gasteiger partial charge in [0.05, 0.1) is 0 Å². The van der Waals surface area contributed by atoms with Crippen molar-refractivity contribution in [2.24, 2.45) is 0 Å². The summed E-state index contributed by atoms with van der Waals surface area (Å²) in [5.41, 5.74) is 0. The van der Waals surface area contributed by atoms with Crippen LogP contribution in [-0.4, -0.2) is 18.2 Å². The third-order valence-corrected chi connectivity index (χ3v) is 1.16. The molecule has 0 aromatic carbocycles. The fourth-order valence-electron chi connectivity index (χ4n) is 0. The third-order valence-electron chi connectivity index (χ3n) is 0.129. The Morgan fingerprint density at radius 2 is 2.20 bits per heavy atom. The molecule has 1 atom stereocenters. The van der Waals surface area contributed by atoms with Gasteiger partial charge >= 0.3 is 36.3 Å². The molecule has 0 aromatic heterocycles. The zero-order chi connectivity index (χ0) is 4.28. The van der Waals surface area contributed by atoms with Crippen LogP contribution < -0.4 is 0 Å². The molecule has 0 rings (SSSR count). The Morgan fingerprint density at radius 3 is 2.20 bits per heavy atom. The zero-order valence-corrected chi connectivity index (χ0v) is 4.59. The average Bonchev–Trinajstić information content (AvgIpc) is 1.38. The molecule has 1 unspecified atom stereocenters. The van der Waals surface area contributed by atoms with Crippen LogP contribution >= 0.6 is 18.1 Å². The quantitative estimate of drug-likeness (QED) is 0.285. The number of rotatable bonds is 0. The summed E-state index contributed by atoms with van der Waals surface area (Å²) in [4.78, 5) is 0. The molecule has 28 valence electrons. The summed E-state index contributed by atoms with van der Waals surface area (Å²) in [6.45, 7) is 1.78. The molecule has 1 nitrogen and oxygen atoms in total. The Kier molecular flexibility index (Phi) is 3.28. The molecule has 0 radical (unpaired) electrons. The summed E-state index contributed by atoms with van der Waals surface area (Å²) in [7, 11) is 5.07. The van der Waals surface area contributed by atoms with Crippen molar-refractivity contribution in [2.75, 3.05) is 6.66 Å². The fraction of sp³-hybridized carbons (Fsp3) is 1.00. The fourth-order valence-corrected chi connectivity index (χ4v) is 0. The number of hydrogen-bond donors (Lipinski definition) is 1. The molecule has 0 saturated heterocycles. The third kappa shape index (κ3) is 4.67. The summed E-state index contributed by atoms with van der Waals surface area (Å²) >= 11 is 0.722. The minimum atomic E-state index is -0.626. The SMILES string of the molecule is B#P(C)SO. The van der Waals surface area contributed by atoms with Crippen molar-refractivity contribution in [2.45, 2.75) is 0 Å². The first kappa shape index (κ1) is 5.67. The standard InChI is InChI=1S/CH4BOPS/c1-4(2)5-3/h3H,1H3. The van der Waals surface area contributed by atoms with E-state index in [0.717, 1.165) is 11.7 Å².